The molecular weight excluding hydrogens is 200 g/mol. The predicted octanol–water partition coefficient (Wildman–Crippen LogP) is 0.0375. The Bertz CT molecular complexity index is 284. The van der Waals surface area contributed by atoms with Crippen molar-refractivity contribution in [1.29, 1.82) is 0 Å². The van der Waals surface area contributed by atoms with E-state index in [-0.39, 0.29) is 24.8 Å². The summed E-state index contributed by atoms with van der Waals surface area (Å²) < 4.78 is 0. The zero-order valence-electron chi connectivity index (χ0n) is 8.69. The van der Waals surface area contributed by atoms with E-state index >= 15 is 0 Å². The average molecular weight is 214 g/mol. The summed E-state index contributed by atoms with van der Waals surface area (Å²) in [6.07, 6.45) is -0.211. The lowest BCUT2D eigenvalue weighted by Crippen LogP contribution is -2.44. The number of carbonyl (C=O) groups is 3. The van der Waals surface area contributed by atoms with Crippen molar-refractivity contribution in [2.45, 2.75) is 26.3 Å². The number of hydrogen-bond donors (Lipinski definition) is 2. The predicted molar refractivity (Wildman–Crippen MR) is 51.1 cm³/mol. The van der Waals surface area contributed by atoms with Crippen molar-refractivity contribution in [3.63, 3.8) is 0 Å². The number of carboxylic acid groups (broad SMARTS) is 1. The molecule has 1 aliphatic rings. The normalized spacial score (nSPS) is 18.2. The van der Waals surface area contributed by atoms with Crippen LogP contribution in [0.3, 0.4) is 0 Å². The van der Waals surface area contributed by atoms with Crippen LogP contribution in [0, 0.1) is 5.92 Å². The molecular formula is C9H14N2O4. The van der Waals surface area contributed by atoms with E-state index in [0.29, 0.717) is 0 Å². The Kier molecular flexibility index (Phi) is 3.28. The highest BCUT2D eigenvalue weighted by Gasteiger charge is 2.37. The van der Waals surface area contributed by atoms with Gasteiger partial charge in [0.05, 0.1) is 19.0 Å². The van der Waals surface area contributed by atoms with Gasteiger partial charge in [0.25, 0.3) is 0 Å². The summed E-state index contributed by atoms with van der Waals surface area (Å²) in [6, 6.07) is -1.07. The maximum Gasteiger partial charge on any atom is 0.324 e. The molecule has 0 aromatic rings. The number of rotatable bonds is 4. The van der Waals surface area contributed by atoms with Gasteiger partial charge in [0.2, 0.25) is 5.91 Å². The number of amides is 3. The lowest BCUT2D eigenvalue weighted by molar-refractivity contribution is -0.139. The Labute approximate surface area is 87.2 Å². The second kappa shape index (κ2) is 4.29. The molecule has 1 atom stereocenters. The number of carboxylic acids is 1. The number of urea groups is 1. The molecule has 1 rings (SSSR count). The molecule has 15 heavy (non-hydrogen) atoms. The minimum absolute atomic E-state index is 0.0400. The molecule has 3 amide bonds. The number of imide groups is 1. The maximum absolute atomic E-state index is 11.4. The number of nitrogens with zero attached hydrogens (tertiary/aromatic N) is 1. The second-order valence-electron chi connectivity index (χ2n) is 3.83. The van der Waals surface area contributed by atoms with Gasteiger partial charge in [-0.3, -0.25) is 14.5 Å². The summed E-state index contributed by atoms with van der Waals surface area (Å²) in [7, 11) is 0. The number of nitrogens with one attached hydrogen (secondary N) is 1. The van der Waals surface area contributed by atoms with Gasteiger partial charge in [-0.2, -0.15) is 0 Å². The van der Waals surface area contributed by atoms with Gasteiger partial charge >= 0.3 is 12.0 Å². The van der Waals surface area contributed by atoms with Crippen LogP contribution >= 0.6 is 0 Å². The average Bonchev–Trinajstić information content (AvgIpc) is 2.42. The van der Waals surface area contributed by atoms with E-state index in [0.717, 1.165) is 4.90 Å². The molecule has 0 spiro atoms. The summed E-state index contributed by atoms with van der Waals surface area (Å²) in [6.45, 7) is 3.53. The molecule has 1 fully saturated rings. The van der Waals surface area contributed by atoms with E-state index in [1.807, 2.05) is 0 Å². The van der Waals surface area contributed by atoms with E-state index in [1.165, 1.54) is 0 Å². The van der Waals surface area contributed by atoms with Crippen molar-refractivity contribution in [3.05, 3.63) is 0 Å². The largest absolute Gasteiger partial charge is 0.481 e. The Balaban J connectivity index is 2.83. The quantitative estimate of drug-likeness (QED) is 0.647. The van der Waals surface area contributed by atoms with Crippen LogP contribution < -0.4 is 5.32 Å². The molecule has 0 aliphatic carbocycles. The lowest BCUT2D eigenvalue weighted by atomic mass is 9.99. The van der Waals surface area contributed by atoms with Crippen LogP contribution in [0.15, 0.2) is 0 Å². The molecule has 0 radical (unpaired) electrons. The molecule has 0 aromatic carbocycles. The third-order valence-corrected chi connectivity index (χ3v) is 2.36. The monoisotopic (exact) mass is 214 g/mol. The third-order valence-electron chi connectivity index (χ3n) is 2.36. The van der Waals surface area contributed by atoms with Gasteiger partial charge in [-0.15, -0.1) is 0 Å². The fourth-order valence-corrected chi connectivity index (χ4v) is 1.57. The van der Waals surface area contributed by atoms with Crippen molar-refractivity contribution in [2.24, 2.45) is 5.92 Å². The van der Waals surface area contributed by atoms with Gasteiger partial charge in [-0.1, -0.05) is 13.8 Å². The Morgan fingerprint density at radius 2 is 2.13 bits per heavy atom. The molecule has 1 unspecified atom stereocenters. The standard InChI is InChI=1S/C9H14N2O4/c1-5(2)6(3-8(13)14)11-7(12)4-10-9(11)15/h5-6H,3-4H2,1-2H3,(H,10,15)(H,13,14). The van der Waals surface area contributed by atoms with E-state index in [2.05, 4.69) is 5.32 Å². The molecule has 84 valence electrons. The third kappa shape index (κ3) is 2.45. The zero-order chi connectivity index (χ0) is 11.6. The minimum atomic E-state index is -1.01. The van der Waals surface area contributed by atoms with Crippen molar-refractivity contribution in [1.82, 2.24) is 10.2 Å². The Morgan fingerprint density at radius 1 is 1.53 bits per heavy atom. The summed E-state index contributed by atoms with van der Waals surface area (Å²) in [5.74, 6) is -1.45. The first kappa shape index (κ1) is 11.5. The van der Waals surface area contributed by atoms with Gasteiger partial charge in [-0.25, -0.2) is 4.79 Å². The summed E-state index contributed by atoms with van der Waals surface area (Å²) in [4.78, 5) is 34.3. The Hall–Kier alpha value is -1.59. The van der Waals surface area contributed by atoms with Gasteiger partial charge in [0.15, 0.2) is 0 Å². The van der Waals surface area contributed by atoms with Crippen molar-refractivity contribution in [2.75, 3.05) is 6.54 Å². The smallest absolute Gasteiger partial charge is 0.324 e. The molecule has 6 nitrogen and oxygen atoms in total. The van der Waals surface area contributed by atoms with Gasteiger partial charge < -0.3 is 10.4 Å². The van der Waals surface area contributed by atoms with Gasteiger partial charge in [-0.05, 0) is 5.92 Å². The van der Waals surface area contributed by atoms with E-state index in [9.17, 15) is 14.4 Å². The fourth-order valence-electron chi connectivity index (χ4n) is 1.57. The van der Waals surface area contributed by atoms with Crippen LogP contribution in [0.4, 0.5) is 4.79 Å². The van der Waals surface area contributed by atoms with E-state index in [4.69, 9.17) is 5.11 Å². The molecule has 1 aliphatic heterocycles. The molecule has 2 N–H and O–H groups in total. The molecule has 0 saturated carbocycles. The van der Waals surface area contributed by atoms with Crippen LogP contribution in [0.2, 0.25) is 0 Å². The van der Waals surface area contributed by atoms with Crippen molar-refractivity contribution >= 4 is 17.9 Å². The van der Waals surface area contributed by atoms with Crippen molar-refractivity contribution in [3.8, 4) is 0 Å². The van der Waals surface area contributed by atoms with Crippen molar-refractivity contribution < 1.29 is 19.5 Å². The van der Waals surface area contributed by atoms with E-state index in [1.54, 1.807) is 13.8 Å². The molecule has 1 heterocycles. The Morgan fingerprint density at radius 3 is 2.47 bits per heavy atom. The molecule has 6 heteroatoms. The maximum atomic E-state index is 11.4. The molecule has 0 aromatic heterocycles. The van der Waals surface area contributed by atoms with E-state index < -0.39 is 18.0 Å². The number of aliphatic carboxylic acids is 1. The van der Waals surface area contributed by atoms with Crippen LogP contribution in [-0.2, 0) is 9.59 Å². The molecule has 1 saturated heterocycles. The second-order valence-corrected chi connectivity index (χ2v) is 3.83. The number of carbonyl (C=O) groups excluding carboxylic acids is 2. The summed E-state index contributed by atoms with van der Waals surface area (Å²) in [5, 5.41) is 11.1. The number of hydrogen-bond acceptors (Lipinski definition) is 3. The SMILES string of the molecule is CC(C)C(CC(=O)O)N1C(=O)CNC1=O. The van der Waals surface area contributed by atoms with Gasteiger partial charge in [0.1, 0.15) is 0 Å². The van der Waals surface area contributed by atoms with Crippen LogP contribution in [0.5, 0.6) is 0 Å². The highest BCUT2D eigenvalue weighted by atomic mass is 16.4. The first-order chi connectivity index (χ1) is 6.93. The topological polar surface area (TPSA) is 86.7 Å². The van der Waals surface area contributed by atoms with Crippen LogP contribution in [0.25, 0.3) is 0 Å². The van der Waals surface area contributed by atoms with Gasteiger partial charge in [0, 0.05) is 0 Å². The molecule has 0 bridgehead atoms. The lowest BCUT2D eigenvalue weighted by Gasteiger charge is -2.26. The minimum Gasteiger partial charge on any atom is -0.481 e. The van der Waals surface area contributed by atoms with Crippen LogP contribution in [-0.4, -0.2) is 40.5 Å². The highest BCUT2D eigenvalue weighted by molar-refractivity contribution is 6.02. The summed E-state index contributed by atoms with van der Waals surface area (Å²) in [5.41, 5.74) is 0. The first-order valence-electron chi connectivity index (χ1n) is 4.75. The zero-order valence-corrected chi connectivity index (χ0v) is 8.69. The fraction of sp³-hybridized carbons (Fsp3) is 0.667. The first-order valence-corrected chi connectivity index (χ1v) is 4.75. The summed E-state index contributed by atoms with van der Waals surface area (Å²) >= 11 is 0. The highest BCUT2D eigenvalue weighted by Crippen LogP contribution is 2.17. The van der Waals surface area contributed by atoms with Crippen LogP contribution in [0.1, 0.15) is 20.3 Å².